The molecule has 0 saturated carbocycles. The average molecular weight is 214 g/mol. The van der Waals surface area contributed by atoms with E-state index in [2.05, 4.69) is 24.1 Å². The summed E-state index contributed by atoms with van der Waals surface area (Å²) >= 11 is 0. The zero-order valence-electron chi connectivity index (χ0n) is 9.75. The van der Waals surface area contributed by atoms with Crippen LogP contribution >= 0.6 is 0 Å². The van der Waals surface area contributed by atoms with Crippen LogP contribution in [-0.4, -0.2) is 47.7 Å². The number of unbranched alkanes of at least 4 members (excludes halogenated alkanes) is 1. The Morgan fingerprint density at radius 2 is 2.33 bits per heavy atom. The van der Waals surface area contributed by atoms with E-state index < -0.39 is 5.97 Å². The van der Waals surface area contributed by atoms with E-state index in [1.54, 1.807) is 0 Å². The summed E-state index contributed by atoms with van der Waals surface area (Å²) in [7, 11) is 0. The smallest absolute Gasteiger partial charge is 0.317 e. The first-order valence-corrected chi connectivity index (χ1v) is 5.75. The monoisotopic (exact) mass is 214 g/mol. The van der Waals surface area contributed by atoms with Gasteiger partial charge in [-0.3, -0.25) is 4.79 Å². The zero-order valence-corrected chi connectivity index (χ0v) is 9.75. The van der Waals surface area contributed by atoms with Crippen LogP contribution in [0.1, 0.15) is 33.1 Å². The lowest BCUT2D eigenvalue weighted by Gasteiger charge is -2.25. The molecule has 0 aromatic carbocycles. The van der Waals surface area contributed by atoms with Crippen molar-refractivity contribution < 1.29 is 9.90 Å². The van der Waals surface area contributed by atoms with E-state index in [1.807, 2.05) is 0 Å². The van der Waals surface area contributed by atoms with Crippen molar-refractivity contribution in [3.63, 3.8) is 0 Å². The summed E-state index contributed by atoms with van der Waals surface area (Å²) in [6.45, 7) is 7.57. The van der Waals surface area contributed by atoms with Crippen LogP contribution in [0.15, 0.2) is 0 Å². The normalized spacial score (nSPS) is 27.1. The second-order valence-corrected chi connectivity index (χ2v) is 4.69. The van der Waals surface area contributed by atoms with Gasteiger partial charge < -0.3 is 15.3 Å². The third kappa shape index (κ3) is 4.18. The predicted molar refractivity (Wildman–Crippen MR) is 60.0 cm³/mol. The predicted octanol–water partition coefficient (Wildman–Crippen LogP) is 0.925. The van der Waals surface area contributed by atoms with Gasteiger partial charge in [0.05, 0.1) is 6.54 Å². The summed E-state index contributed by atoms with van der Waals surface area (Å²) in [4.78, 5) is 12.9. The van der Waals surface area contributed by atoms with Crippen molar-refractivity contribution in [3.8, 4) is 0 Å². The number of hydrogen-bond donors (Lipinski definition) is 2. The van der Waals surface area contributed by atoms with Gasteiger partial charge in [0, 0.05) is 18.6 Å². The number of likely N-dealkylation sites (tertiary alicyclic amines) is 1. The van der Waals surface area contributed by atoms with Crippen LogP contribution in [0.2, 0.25) is 0 Å². The highest BCUT2D eigenvalue weighted by atomic mass is 16.4. The molecule has 1 atom stereocenters. The number of carboxylic acid groups (broad SMARTS) is 1. The molecule has 1 saturated heterocycles. The van der Waals surface area contributed by atoms with Gasteiger partial charge in [-0.2, -0.15) is 0 Å². The van der Waals surface area contributed by atoms with E-state index in [1.165, 1.54) is 12.8 Å². The fourth-order valence-corrected chi connectivity index (χ4v) is 2.06. The van der Waals surface area contributed by atoms with Gasteiger partial charge in [-0.15, -0.1) is 0 Å². The lowest BCUT2D eigenvalue weighted by Crippen LogP contribution is -2.46. The molecule has 0 spiro atoms. The number of nitrogens with one attached hydrogen (secondary N) is 1. The van der Waals surface area contributed by atoms with Gasteiger partial charge >= 0.3 is 5.97 Å². The minimum Gasteiger partial charge on any atom is -0.480 e. The molecule has 1 aliphatic heterocycles. The van der Waals surface area contributed by atoms with Gasteiger partial charge in [-0.25, -0.2) is 0 Å². The van der Waals surface area contributed by atoms with Crippen molar-refractivity contribution in [3.05, 3.63) is 0 Å². The lowest BCUT2D eigenvalue weighted by atomic mass is 10.0. The Bertz CT molecular complexity index is 221. The molecule has 0 aliphatic carbocycles. The van der Waals surface area contributed by atoms with Crippen LogP contribution in [0.5, 0.6) is 0 Å². The van der Waals surface area contributed by atoms with Crippen LogP contribution in [-0.2, 0) is 4.79 Å². The third-order valence-corrected chi connectivity index (χ3v) is 3.05. The van der Waals surface area contributed by atoms with Crippen molar-refractivity contribution in [1.29, 1.82) is 0 Å². The molecule has 1 rings (SSSR count). The zero-order chi connectivity index (χ0) is 11.3. The van der Waals surface area contributed by atoms with E-state index in [-0.39, 0.29) is 12.1 Å². The SMILES string of the molecule is CCCCN1CC[C@@](C)(NCC(=O)O)C1. The first-order valence-electron chi connectivity index (χ1n) is 5.75. The van der Waals surface area contributed by atoms with E-state index in [4.69, 9.17) is 5.11 Å². The van der Waals surface area contributed by atoms with Gasteiger partial charge in [-0.05, 0) is 26.3 Å². The highest BCUT2D eigenvalue weighted by Gasteiger charge is 2.33. The molecule has 0 amide bonds. The largest absolute Gasteiger partial charge is 0.480 e. The summed E-state index contributed by atoms with van der Waals surface area (Å²) in [6, 6.07) is 0. The Hall–Kier alpha value is -0.610. The molecule has 0 radical (unpaired) electrons. The van der Waals surface area contributed by atoms with Gasteiger partial charge in [0.2, 0.25) is 0 Å². The number of rotatable bonds is 6. The number of carboxylic acids is 1. The van der Waals surface area contributed by atoms with Gasteiger partial charge in [0.1, 0.15) is 0 Å². The van der Waals surface area contributed by atoms with Crippen molar-refractivity contribution >= 4 is 5.97 Å². The Labute approximate surface area is 91.6 Å². The first-order chi connectivity index (χ1) is 7.06. The molecule has 4 nitrogen and oxygen atoms in total. The molecule has 1 fully saturated rings. The standard InChI is InChI=1S/C11H22N2O2/c1-3-4-6-13-7-5-11(2,9-13)12-8-10(14)15/h12H,3-9H2,1-2H3,(H,14,15)/t11-/m1/s1. The van der Waals surface area contributed by atoms with Crippen molar-refractivity contribution in [1.82, 2.24) is 10.2 Å². The molecular formula is C11H22N2O2. The minimum atomic E-state index is -0.775. The van der Waals surface area contributed by atoms with Crippen molar-refractivity contribution in [2.45, 2.75) is 38.6 Å². The van der Waals surface area contributed by atoms with Crippen LogP contribution in [0, 0.1) is 0 Å². The highest BCUT2D eigenvalue weighted by molar-refractivity contribution is 5.69. The molecule has 0 aromatic heterocycles. The number of nitrogens with zero attached hydrogens (tertiary/aromatic N) is 1. The summed E-state index contributed by atoms with van der Waals surface area (Å²) in [5.74, 6) is -0.775. The topological polar surface area (TPSA) is 52.6 Å². The quantitative estimate of drug-likeness (QED) is 0.690. The van der Waals surface area contributed by atoms with Gasteiger partial charge in [0.25, 0.3) is 0 Å². The second-order valence-electron chi connectivity index (χ2n) is 4.69. The van der Waals surface area contributed by atoms with E-state index in [0.29, 0.717) is 0 Å². The number of aliphatic carboxylic acids is 1. The molecule has 2 N–H and O–H groups in total. The molecular weight excluding hydrogens is 192 g/mol. The lowest BCUT2D eigenvalue weighted by molar-refractivity contribution is -0.136. The highest BCUT2D eigenvalue weighted by Crippen LogP contribution is 2.20. The van der Waals surface area contributed by atoms with Gasteiger partial charge in [-0.1, -0.05) is 13.3 Å². The summed E-state index contributed by atoms with van der Waals surface area (Å²) in [6.07, 6.45) is 3.49. The molecule has 4 heteroatoms. The van der Waals surface area contributed by atoms with E-state index in [0.717, 1.165) is 26.1 Å². The van der Waals surface area contributed by atoms with Gasteiger partial charge in [0.15, 0.2) is 0 Å². The maximum Gasteiger partial charge on any atom is 0.317 e. The molecule has 1 aliphatic rings. The van der Waals surface area contributed by atoms with Crippen molar-refractivity contribution in [2.24, 2.45) is 0 Å². The Morgan fingerprint density at radius 1 is 1.60 bits per heavy atom. The van der Waals surface area contributed by atoms with Crippen LogP contribution < -0.4 is 5.32 Å². The van der Waals surface area contributed by atoms with E-state index in [9.17, 15) is 4.79 Å². The minimum absolute atomic E-state index is 0.00781. The number of carbonyl (C=O) groups is 1. The molecule has 0 bridgehead atoms. The molecule has 0 aromatic rings. The second kappa shape index (κ2) is 5.47. The maximum atomic E-state index is 10.5. The average Bonchev–Trinajstić information content (AvgIpc) is 2.55. The molecule has 15 heavy (non-hydrogen) atoms. The Balaban J connectivity index is 2.29. The van der Waals surface area contributed by atoms with Crippen LogP contribution in [0.4, 0.5) is 0 Å². The number of hydrogen-bond acceptors (Lipinski definition) is 3. The van der Waals surface area contributed by atoms with Crippen LogP contribution in [0.3, 0.4) is 0 Å². The Morgan fingerprint density at radius 3 is 2.93 bits per heavy atom. The van der Waals surface area contributed by atoms with Crippen molar-refractivity contribution in [2.75, 3.05) is 26.2 Å². The Kier molecular flexibility index (Phi) is 4.54. The summed E-state index contributed by atoms with van der Waals surface area (Å²) in [5.41, 5.74) is -0.00781. The summed E-state index contributed by atoms with van der Waals surface area (Å²) in [5, 5.41) is 11.7. The molecule has 1 heterocycles. The van der Waals surface area contributed by atoms with E-state index >= 15 is 0 Å². The summed E-state index contributed by atoms with van der Waals surface area (Å²) < 4.78 is 0. The molecule has 88 valence electrons. The fraction of sp³-hybridized carbons (Fsp3) is 0.909. The fourth-order valence-electron chi connectivity index (χ4n) is 2.06. The maximum absolute atomic E-state index is 10.5. The first kappa shape index (κ1) is 12.5. The third-order valence-electron chi connectivity index (χ3n) is 3.05. The van der Waals surface area contributed by atoms with Crippen LogP contribution in [0.25, 0.3) is 0 Å². The molecule has 0 unspecified atom stereocenters.